The Morgan fingerprint density at radius 2 is 2.03 bits per heavy atom. The van der Waals surface area contributed by atoms with Crippen molar-refractivity contribution in [1.82, 2.24) is 14.2 Å². The van der Waals surface area contributed by atoms with Gasteiger partial charge in [0.15, 0.2) is 0 Å². The summed E-state index contributed by atoms with van der Waals surface area (Å²) in [5.74, 6) is -0.340. The molecule has 0 bridgehead atoms. The van der Waals surface area contributed by atoms with E-state index in [-0.39, 0.29) is 41.3 Å². The first-order chi connectivity index (χ1) is 15.7. The minimum atomic E-state index is -3.72. The quantitative estimate of drug-likeness (QED) is 0.664. The van der Waals surface area contributed by atoms with Gasteiger partial charge in [-0.1, -0.05) is 37.3 Å². The van der Waals surface area contributed by atoms with Crippen molar-refractivity contribution in [2.24, 2.45) is 5.92 Å². The molecule has 178 valence electrons. The number of hydrogen-bond acceptors (Lipinski definition) is 6. The van der Waals surface area contributed by atoms with E-state index < -0.39 is 22.2 Å². The summed E-state index contributed by atoms with van der Waals surface area (Å²) in [6, 6.07) is 9.52. The van der Waals surface area contributed by atoms with Gasteiger partial charge in [-0.3, -0.25) is 4.79 Å². The number of ether oxygens (including phenoxy) is 1. The largest absolute Gasteiger partial charge is 0.472 e. The number of fused-ring (bicyclic) bond motifs is 1. The summed E-state index contributed by atoms with van der Waals surface area (Å²) in [7, 11) is -2.20. The van der Waals surface area contributed by atoms with Crippen LogP contribution in [0, 0.1) is 5.92 Å². The fraction of sp³-hybridized carbons (Fsp3) is 0.417. The number of sulfonamides is 1. The van der Waals surface area contributed by atoms with E-state index in [1.54, 1.807) is 54.4 Å². The molecule has 2 heterocycles. The van der Waals surface area contributed by atoms with Gasteiger partial charge >= 0.3 is 0 Å². The molecule has 8 nitrogen and oxygen atoms in total. The number of aliphatic hydroxyl groups is 1. The third kappa shape index (κ3) is 5.43. The lowest BCUT2D eigenvalue weighted by atomic mass is 10.00. The standard InChI is InChI=1S/C24H31N3O5S/c1-5-9-19-12-21-23(25-13-19)32-22(17(2)14-27(24(21)29)18(3)16-28)15-26(4)33(30,31)20-10-7-6-8-11-20/h5-13,17-18,22,28H,14-16H2,1-4H3/b9-5+/t17-,18+,22-/m0/s1. The zero-order valence-corrected chi connectivity index (χ0v) is 20.2. The second-order valence-electron chi connectivity index (χ2n) is 8.34. The van der Waals surface area contributed by atoms with Crippen molar-refractivity contribution in [2.45, 2.75) is 37.8 Å². The lowest BCUT2D eigenvalue weighted by molar-refractivity contribution is 0.0373. The van der Waals surface area contributed by atoms with Crippen LogP contribution in [0.2, 0.25) is 0 Å². The summed E-state index contributed by atoms with van der Waals surface area (Å²) >= 11 is 0. The van der Waals surface area contributed by atoms with Gasteiger partial charge in [0, 0.05) is 25.7 Å². The van der Waals surface area contributed by atoms with Crippen LogP contribution in [-0.4, -0.2) is 72.5 Å². The lowest BCUT2D eigenvalue weighted by Gasteiger charge is -2.37. The van der Waals surface area contributed by atoms with E-state index in [9.17, 15) is 18.3 Å². The van der Waals surface area contributed by atoms with E-state index in [1.165, 1.54) is 11.4 Å². The first kappa shape index (κ1) is 24.9. The third-order valence-electron chi connectivity index (χ3n) is 5.79. The maximum absolute atomic E-state index is 13.3. The molecule has 1 N–H and O–H groups in total. The van der Waals surface area contributed by atoms with E-state index in [0.29, 0.717) is 6.54 Å². The average Bonchev–Trinajstić information content (AvgIpc) is 2.81. The second kappa shape index (κ2) is 10.5. The van der Waals surface area contributed by atoms with Crippen molar-refractivity contribution in [3.63, 3.8) is 0 Å². The molecule has 0 aliphatic carbocycles. The molecule has 3 atom stereocenters. The van der Waals surface area contributed by atoms with Gasteiger partial charge in [-0.05, 0) is 37.6 Å². The normalized spacial score (nSPS) is 20.3. The molecule has 0 unspecified atom stereocenters. The molecule has 1 aliphatic rings. The Kier molecular flexibility index (Phi) is 7.88. The van der Waals surface area contributed by atoms with Crippen LogP contribution in [0.1, 0.15) is 36.7 Å². The Hall–Kier alpha value is -2.75. The molecule has 0 saturated carbocycles. The molecule has 0 radical (unpaired) electrons. The molecule has 0 saturated heterocycles. The maximum Gasteiger partial charge on any atom is 0.259 e. The number of allylic oxidation sites excluding steroid dienone is 1. The minimum Gasteiger partial charge on any atom is -0.472 e. The molecule has 0 fully saturated rings. The number of pyridine rings is 1. The minimum absolute atomic E-state index is 0.0751. The highest BCUT2D eigenvalue weighted by molar-refractivity contribution is 7.89. The Bertz CT molecular complexity index is 1100. The first-order valence-electron chi connectivity index (χ1n) is 10.9. The predicted octanol–water partition coefficient (Wildman–Crippen LogP) is 2.66. The van der Waals surface area contributed by atoms with Gasteiger partial charge in [0.1, 0.15) is 11.7 Å². The highest BCUT2D eigenvalue weighted by Gasteiger charge is 2.35. The monoisotopic (exact) mass is 473 g/mol. The molecule has 1 aromatic carbocycles. The number of carbonyl (C=O) groups excluding carboxylic acids is 1. The van der Waals surface area contributed by atoms with Crippen LogP contribution in [0.4, 0.5) is 0 Å². The van der Waals surface area contributed by atoms with Gasteiger partial charge in [-0.2, -0.15) is 4.31 Å². The van der Waals surface area contributed by atoms with E-state index in [4.69, 9.17) is 4.74 Å². The van der Waals surface area contributed by atoms with Gasteiger partial charge in [0.25, 0.3) is 5.91 Å². The van der Waals surface area contributed by atoms with Gasteiger partial charge in [0.2, 0.25) is 15.9 Å². The fourth-order valence-corrected chi connectivity index (χ4v) is 4.95. The van der Waals surface area contributed by atoms with E-state index in [2.05, 4.69) is 4.98 Å². The third-order valence-corrected chi connectivity index (χ3v) is 7.63. The summed E-state index contributed by atoms with van der Waals surface area (Å²) in [6.45, 7) is 5.73. The van der Waals surface area contributed by atoms with Crippen molar-refractivity contribution >= 4 is 22.0 Å². The predicted molar refractivity (Wildman–Crippen MR) is 126 cm³/mol. The summed E-state index contributed by atoms with van der Waals surface area (Å²) in [6.07, 6.45) is 4.73. The molecule has 2 aromatic rings. The SMILES string of the molecule is C/C=C/c1cnc2c(c1)C(=O)N([C@H](C)CO)C[C@H](C)[C@H](CN(C)S(=O)(=O)c1ccccc1)O2. The number of carbonyl (C=O) groups is 1. The van der Waals surface area contributed by atoms with Crippen LogP contribution in [0.5, 0.6) is 5.88 Å². The van der Waals surface area contributed by atoms with Crippen molar-refractivity contribution in [3.8, 4) is 5.88 Å². The second-order valence-corrected chi connectivity index (χ2v) is 10.4. The van der Waals surface area contributed by atoms with Crippen LogP contribution in [0.15, 0.2) is 53.6 Å². The van der Waals surface area contributed by atoms with Crippen molar-refractivity contribution in [1.29, 1.82) is 0 Å². The Balaban J connectivity index is 1.98. The highest BCUT2D eigenvalue weighted by Crippen LogP contribution is 2.28. The van der Waals surface area contributed by atoms with E-state index in [0.717, 1.165) is 5.56 Å². The number of rotatable bonds is 7. The van der Waals surface area contributed by atoms with Crippen molar-refractivity contribution in [2.75, 3.05) is 26.7 Å². The smallest absolute Gasteiger partial charge is 0.259 e. The van der Waals surface area contributed by atoms with Crippen LogP contribution >= 0.6 is 0 Å². The maximum atomic E-state index is 13.3. The number of amides is 1. The molecule has 1 aromatic heterocycles. The fourth-order valence-electron chi connectivity index (χ4n) is 3.74. The molecule has 1 amide bonds. The van der Waals surface area contributed by atoms with Crippen LogP contribution in [-0.2, 0) is 10.0 Å². The van der Waals surface area contributed by atoms with E-state index in [1.807, 2.05) is 26.0 Å². The number of aliphatic hydroxyl groups excluding tert-OH is 1. The van der Waals surface area contributed by atoms with Crippen molar-refractivity contribution in [3.05, 3.63) is 59.8 Å². The van der Waals surface area contributed by atoms with Crippen LogP contribution < -0.4 is 4.74 Å². The van der Waals surface area contributed by atoms with Crippen molar-refractivity contribution < 1.29 is 23.1 Å². The van der Waals surface area contributed by atoms with Gasteiger partial charge in [0.05, 0.1) is 24.1 Å². The number of hydrogen-bond donors (Lipinski definition) is 1. The Morgan fingerprint density at radius 1 is 1.33 bits per heavy atom. The highest BCUT2D eigenvalue weighted by atomic mass is 32.2. The summed E-state index contributed by atoms with van der Waals surface area (Å²) < 4.78 is 33.5. The average molecular weight is 474 g/mol. The molecule has 0 spiro atoms. The topological polar surface area (TPSA) is 100 Å². The molecule has 1 aliphatic heterocycles. The first-order valence-corrected chi connectivity index (χ1v) is 12.4. The number of aromatic nitrogens is 1. The lowest BCUT2D eigenvalue weighted by Crippen LogP contribution is -2.50. The Labute approximate surface area is 195 Å². The molecule has 3 rings (SSSR count). The van der Waals surface area contributed by atoms with Gasteiger partial charge < -0.3 is 14.7 Å². The summed E-state index contributed by atoms with van der Waals surface area (Å²) in [5.41, 5.74) is 1.04. The molecular formula is C24H31N3O5S. The van der Waals surface area contributed by atoms with Gasteiger partial charge in [-0.15, -0.1) is 0 Å². The Morgan fingerprint density at radius 3 is 2.67 bits per heavy atom. The molecular weight excluding hydrogens is 442 g/mol. The summed E-state index contributed by atoms with van der Waals surface area (Å²) in [5, 5.41) is 9.74. The summed E-state index contributed by atoms with van der Waals surface area (Å²) in [4.78, 5) is 19.5. The van der Waals surface area contributed by atoms with Crippen LogP contribution in [0.3, 0.4) is 0 Å². The molecule has 9 heteroatoms. The van der Waals surface area contributed by atoms with E-state index >= 15 is 0 Å². The number of likely N-dealkylation sites (N-methyl/N-ethyl adjacent to an activating group) is 1. The number of benzene rings is 1. The number of nitrogens with zero attached hydrogens (tertiary/aromatic N) is 3. The van der Waals surface area contributed by atoms with Gasteiger partial charge in [-0.25, -0.2) is 13.4 Å². The van der Waals surface area contributed by atoms with Crippen LogP contribution in [0.25, 0.3) is 6.08 Å². The zero-order valence-electron chi connectivity index (χ0n) is 19.4. The molecule has 33 heavy (non-hydrogen) atoms. The zero-order chi connectivity index (χ0) is 24.2.